The van der Waals surface area contributed by atoms with E-state index in [9.17, 15) is 9.59 Å². The number of nitrogens with one attached hydrogen (secondary N) is 1. The molecule has 0 aliphatic rings. The van der Waals surface area contributed by atoms with E-state index in [2.05, 4.69) is 4.98 Å². The lowest BCUT2D eigenvalue weighted by Crippen LogP contribution is -1.98. The standard InChI is InChI=1S/C10H5Cl2NO2/c11-6-1-2-7-9(10(6)12)5(3-13-7)8(15)4-14/h1-4,13H. The molecule has 15 heavy (non-hydrogen) atoms. The SMILES string of the molecule is O=CC(=O)c1c[nH]c2ccc(Cl)c(Cl)c12. The number of rotatable bonds is 2. The summed E-state index contributed by atoms with van der Waals surface area (Å²) < 4.78 is 0. The van der Waals surface area contributed by atoms with Gasteiger partial charge in [0.1, 0.15) is 0 Å². The first-order valence-corrected chi connectivity index (χ1v) is 4.85. The second kappa shape index (κ2) is 3.68. The number of ketones is 1. The molecule has 3 nitrogen and oxygen atoms in total. The number of aldehydes is 1. The van der Waals surface area contributed by atoms with Crippen LogP contribution >= 0.6 is 23.2 Å². The van der Waals surface area contributed by atoms with Gasteiger partial charge in [0.2, 0.25) is 5.78 Å². The first-order valence-electron chi connectivity index (χ1n) is 4.09. The highest BCUT2D eigenvalue weighted by Crippen LogP contribution is 2.32. The Morgan fingerprint density at radius 3 is 2.73 bits per heavy atom. The van der Waals surface area contributed by atoms with Gasteiger partial charge < -0.3 is 4.98 Å². The number of H-pyrrole nitrogens is 1. The third-order valence-electron chi connectivity index (χ3n) is 2.11. The van der Waals surface area contributed by atoms with Crippen LogP contribution in [0.3, 0.4) is 0 Å². The topological polar surface area (TPSA) is 49.9 Å². The number of benzene rings is 1. The molecular weight excluding hydrogens is 237 g/mol. The van der Waals surface area contributed by atoms with E-state index in [-0.39, 0.29) is 16.9 Å². The van der Waals surface area contributed by atoms with Gasteiger partial charge in [-0.05, 0) is 12.1 Å². The zero-order chi connectivity index (χ0) is 11.0. The highest BCUT2D eigenvalue weighted by molar-refractivity contribution is 6.47. The van der Waals surface area contributed by atoms with Crippen LogP contribution in [-0.4, -0.2) is 17.1 Å². The lowest BCUT2D eigenvalue weighted by atomic mass is 10.1. The quantitative estimate of drug-likeness (QED) is 0.500. The summed E-state index contributed by atoms with van der Waals surface area (Å²) in [5.41, 5.74) is 0.919. The Hall–Kier alpha value is -1.32. The summed E-state index contributed by atoms with van der Waals surface area (Å²) in [6.07, 6.45) is 1.70. The van der Waals surface area contributed by atoms with Crippen LogP contribution in [0.1, 0.15) is 10.4 Å². The van der Waals surface area contributed by atoms with Gasteiger partial charge in [0.25, 0.3) is 0 Å². The van der Waals surface area contributed by atoms with Crippen LogP contribution in [0, 0.1) is 0 Å². The fourth-order valence-electron chi connectivity index (χ4n) is 1.41. The first-order chi connectivity index (χ1) is 7.15. The molecule has 0 bridgehead atoms. The van der Waals surface area contributed by atoms with E-state index in [1.807, 2.05) is 0 Å². The molecule has 0 saturated heterocycles. The molecule has 5 heteroatoms. The van der Waals surface area contributed by atoms with Crippen molar-refractivity contribution in [2.45, 2.75) is 0 Å². The number of carbonyl (C=O) groups is 2. The Morgan fingerprint density at radius 1 is 1.33 bits per heavy atom. The van der Waals surface area contributed by atoms with E-state index in [0.29, 0.717) is 15.9 Å². The molecule has 0 aliphatic heterocycles. The van der Waals surface area contributed by atoms with Crippen LogP contribution in [0.4, 0.5) is 0 Å². The molecule has 0 aliphatic carbocycles. The van der Waals surface area contributed by atoms with Crippen molar-refractivity contribution in [3.05, 3.63) is 33.9 Å². The van der Waals surface area contributed by atoms with Crippen molar-refractivity contribution in [3.8, 4) is 0 Å². The third kappa shape index (κ3) is 1.54. The van der Waals surface area contributed by atoms with Gasteiger partial charge in [0, 0.05) is 17.1 Å². The van der Waals surface area contributed by atoms with Gasteiger partial charge in [-0.1, -0.05) is 23.2 Å². The van der Waals surface area contributed by atoms with Gasteiger partial charge in [-0.2, -0.15) is 0 Å². The summed E-state index contributed by atoms with van der Waals surface area (Å²) in [7, 11) is 0. The maximum atomic E-state index is 11.3. The van der Waals surface area contributed by atoms with E-state index in [1.54, 1.807) is 12.1 Å². The summed E-state index contributed by atoms with van der Waals surface area (Å²) >= 11 is 11.8. The summed E-state index contributed by atoms with van der Waals surface area (Å²) in [4.78, 5) is 24.5. The fraction of sp³-hybridized carbons (Fsp3) is 0. The van der Waals surface area contributed by atoms with Crippen molar-refractivity contribution >= 4 is 46.2 Å². The molecule has 1 aromatic heterocycles. The second-order valence-corrected chi connectivity index (χ2v) is 3.75. The Kier molecular flexibility index (Phi) is 2.50. The number of Topliss-reactive ketones (excluding diaryl/α,β-unsaturated/α-hetero) is 1. The highest BCUT2D eigenvalue weighted by atomic mass is 35.5. The van der Waals surface area contributed by atoms with Crippen LogP contribution in [-0.2, 0) is 4.79 Å². The smallest absolute Gasteiger partial charge is 0.227 e. The Bertz CT molecular complexity index is 560. The van der Waals surface area contributed by atoms with Crippen molar-refractivity contribution in [1.29, 1.82) is 0 Å². The average Bonchev–Trinajstić information content (AvgIpc) is 2.67. The zero-order valence-corrected chi connectivity index (χ0v) is 8.89. The monoisotopic (exact) mass is 241 g/mol. The Morgan fingerprint density at radius 2 is 2.07 bits per heavy atom. The average molecular weight is 242 g/mol. The molecule has 0 atom stereocenters. The summed E-state index contributed by atoms with van der Waals surface area (Å²) in [6, 6.07) is 3.32. The first kappa shape index (κ1) is 10.2. The van der Waals surface area contributed by atoms with Crippen LogP contribution in [0.15, 0.2) is 18.3 Å². The molecule has 0 amide bonds. The molecule has 1 N–H and O–H groups in total. The number of hydrogen-bond donors (Lipinski definition) is 1. The number of carbonyl (C=O) groups excluding carboxylic acids is 2. The molecule has 1 aromatic carbocycles. The fourth-order valence-corrected chi connectivity index (χ4v) is 1.84. The molecule has 1 heterocycles. The molecule has 0 spiro atoms. The zero-order valence-electron chi connectivity index (χ0n) is 7.38. The van der Waals surface area contributed by atoms with E-state index in [1.165, 1.54) is 6.20 Å². The second-order valence-electron chi connectivity index (χ2n) is 2.97. The molecule has 76 valence electrons. The predicted octanol–water partition coefficient (Wildman–Crippen LogP) is 2.86. The predicted molar refractivity (Wildman–Crippen MR) is 58.7 cm³/mol. The number of hydrogen-bond acceptors (Lipinski definition) is 2. The number of fused-ring (bicyclic) bond motifs is 1. The highest BCUT2D eigenvalue weighted by Gasteiger charge is 2.15. The normalized spacial score (nSPS) is 10.5. The summed E-state index contributed by atoms with van der Waals surface area (Å²) in [6.45, 7) is 0. The molecule has 0 fully saturated rings. The molecule has 0 saturated carbocycles. The van der Waals surface area contributed by atoms with Crippen molar-refractivity contribution in [2.24, 2.45) is 0 Å². The van der Waals surface area contributed by atoms with Crippen molar-refractivity contribution in [3.63, 3.8) is 0 Å². The third-order valence-corrected chi connectivity index (χ3v) is 2.91. The number of halogens is 2. The van der Waals surface area contributed by atoms with Crippen LogP contribution in [0.5, 0.6) is 0 Å². The molecular formula is C10H5Cl2NO2. The largest absolute Gasteiger partial charge is 0.360 e. The molecule has 0 radical (unpaired) electrons. The van der Waals surface area contributed by atoms with Crippen LogP contribution in [0.2, 0.25) is 10.0 Å². The van der Waals surface area contributed by atoms with Crippen LogP contribution in [0.25, 0.3) is 10.9 Å². The lowest BCUT2D eigenvalue weighted by molar-refractivity contribution is -0.104. The molecule has 2 aromatic rings. The summed E-state index contributed by atoms with van der Waals surface area (Å²) in [5.74, 6) is -0.620. The maximum Gasteiger partial charge on any atom is 0.227 e. The minimum absolute atomic E-state index is 0.243. The number of aromatic amines is 1. The number of aromatic nitrogens is 1. The minimum Gasteiger partial charge on any atom is -0.360 e. The molecule has 0 unspecified atom stereocenters. The minimum atomic E-state index is -0.620. The summed E-state index contributed by atoms with van der Waals surface area (Å²) in [5, 5.41) is 1.12. The Balaban J connectivity index is 2.83. The van der Waals surface area contributed by atoms with Crippen LogP contribution < -0.4 is 0 Å². The van der Waals surface area contributed by atoms with Gasteiger partial charge in [0.15, 0.2) is 6.29 Å². The molecule has 2 rings (SSSR count). The van der Waals surface area contributed by atoms with Gasteiger partial charge in [-0.15, -0.1) is 0 Å². The van der Waals surface area contributed by atoms with E-state index in [0.717, 1.165) is 0 Å². The van der Waals surface area contributed by atoms with Gasteiger partial charge in [0.05, 0.1) is 15.6 Å². The maximum absolute atomic E-state index is 11.3. The Labute approximate surface area is 95.0 Å². The van der Waals surface area contributed by atoms with Crippen molar-refractivity contribution in [1.82, 2.24) is 4.98 Å². The van der Waals surface area contributed by atoms with E-state index in [4.69, 9.17) is 23.2 Å². The lowest BCUT2D eigenvalue weighted by Gasteiger charge is -1.98. The van der Waals surface area contributed by atoms with Gasteiger partial charge in [-0.3, -0.25) is 9.59 Å². The van der Waals surface area contributed by atoms with Crippen molar-refractivity contribution < 1.29 is 9.59 Å². The van der Waals surface area contributed by atoms with Gasteiger partial charge in [-0.25, -0.2) is 0 Å². The van der Waals surface area contributed by atoms with Crippen molar-refractivity contribution in [2.75, 3.05) is 0 Å². The van der Waals surface area contributed by atoms with E-state index >= 15 is 0 Å². The van der Waals surface area contributed by atoms with Gasteiger partial charge >= 0.3 is 0 Å². The van der Waals surface area contributed by atoms with E-state index < -0.39 is 5.78 Å².